The van der Waals surface area contributed by atoms with Crippen molar-refractivity contribution in [3.05, 3.63) is 23.8 Å². The number of rotatable bonds is 5. The number of anilines is 1. The van der Waals surface area contributed by atoms with E-state index in [1.807, 2.05) is 27.7 Å². The molecule has 1 aliphatic heterocycles. The van der Waals surface area contributed by atoms with Crippen molar-refractivity contribution < 1.29 is 28.3 Å². The lowest BCUT2D eigenvalue weighted by atomic mass is 9.79. The minimum absolute atomic E-state index is 0.166. The number of aliphatic hydroxyl groups is 2. The van der Waals surface area contributed by atoms with Crippen LogP contribution in [0.4, 0.5) is 14.5 Å². The molecule has 0 aliphatic carbocycles. The first-order valence-corrected chi connectivity index (χ1v) is 7.45. The Morgan fingerprint density at radius 1 is 1.13 bits per heavy atom. The summed E-state index contributed by atoms with van der Waals surface area (Å²) in [5.74, 6) is -1.64. The minimum atomic E-state index is -1.10. The molecule has 3 N–H and O–H groups in total. The van der Waals surface area contributed by atoms with Crippen molar-refractivity contribution >= 4 is 18.3 Å². The number of aliphatic hydroxyl groups excluding tert-OH is 2. The van der Waals surface area contributed by atoms with Crippen molar-refractivity contribution in [3.63, 3.8) is 0 Å². The van der Waals surface area contributed by atoms with E-state index in [2.05, 4.69) is 5.32 Å². The van der Waals surface area contributed by atoms with Crippen LogP contribution < -0.4 is 10.8 Å². The first-order valence-electron chi connectivity index (χ1n) is 7.45. The molecule has 0 amide bonds. The summed E-state index contributed by atoms with van der Waals surface area (Å²) in [7, 11) is -0.860. The van der Waals surface area contributed by atoms with Crippen LogP contribution in [0.1, 0.15) is 27.7 Å². The zero-order valence-electron chi connectivity index (χ0n) is 13.7. The predicted molar refractivity (Wildman–Crippen MR) is 83.7 cm³/mol. The Hall–Kier alpha value is -1.22. The van der Waals surface area contributed by atoms with Crippen molar-refractivity contribution in [2.24, 2.45) is 0 Å². The van der Waals surface area contributed by atoms with Crippen molar-refractivity contribution in [1.29, 1.82) is 0 Å². The molecule has 8 heteroatoms. The molecule has 1 aromatic rings. The van der Waals surface area contributed by atoms with Crippen molar-refractivity contribution in [2.75, 3.05) is 18.5 Å². The van der Waals surface area contributed by atoms with E-state index in [-0.39, 0.29) is 17.7 Å². The van der Waals surface area contributed by atoms with Gasteiger partial charge in [0.25, 0.3) is 0 Å². The second kappa shape index (κ2) is 6.35. The topological polar surface area (TPSA) is 71.0 Å². The summed E-state index contributed by atoms with van der Waals surface area (Å²) in [6.07, 6.45) is -1.10. The molecular formula is C15H22BF2NO4. The predicted octanol–water partition coefficient (Wildman–Crippen LogP) is 1.03. The van der Waals surface area contributed by atoms with Gasteiger partial charge in [-0.1, -0.05) is 0 Å². The van der Waals surface area contributed by atoms with Crippen LogP contribution in [0.3, 0.4) is 0 Å². The molecule has 23 heavy (non-hydrogen) atoms. The maximum absolute atomic E-state index is 14.1. The van der Waals surface area contributed by atoms with Gasteiger partial charge in [-0.25, -0.2) is 8.78 Å². The zero-order valence-corrected chi connectivity index (χ0v) is 13.7. The van der Waals surface area contributed by atoms with Gasteiger partial charge in [0, 0.05) is 6.54 Å². The van der Waals surface area contributed by atoms with Crippen LogP contribution in [0.25, 0.3) is 0 Å². The van der Waals surface area contributed by atoms with Crippen LogP contribution in [0.2, 0.25) is 0 Å². The Kier molecular flexibility index (Phi) is 5.01. The number of benzene rings is 1. The van der Waals surface area contributed by atoms with Gasteiger partial charge in [0.1, 0.15) is 17.3 Å². The summed E-state index contributed by atoms with van der Waals surface area (Å²) in [6, 6.07) is 2.28. The fraction of sp³-hybridized carbons (Fsp3) is 0.600. The third-order valence-electron chi connectivity index (χ3n) is 4.32. The third-order valence-corrected chi connectivity index (χ3v) is 4.32. The Morgan fingerprint density at radius 2 is 1.61 bits per heavy atom. The van der Waals surface area contributed by atoms with Crippen molar-refractivity contribution in [2.45, 2.75) is 45.0 Å². The number of nitrogens with one attached hydrogen (secondary N) is 1. The Balaban J connectivity index is 2.20. The molecule has 1 heterocycles. The van der Waals surface area contributed by atoms with E-state index >= 15 is 0 Å². The molecular weight excluding hydrogens is 307 g/mol. The second-order valence-corrected chi connectivity index (χ2v) is 6.67. The van der Waals surface area contributed by atoms with Gasteiger partial charge in [-0.15, -0.1) is 0 Å². The Labute approximate surface area is 134 Å². The monoisotopic (exact) mass is 329 g/mol. The van der Waals surface area contributed by atoms with Crippen LogP contribution in [0.15, 0.2) is 12.1 Å². The average molecular weight is 329 g/mol. The van der Waals surface area contributed by atoms with Gasteiger partial charge in [-0.05, 0) is 45.3 Å². The van der Waals surface area contributed by atoms with Crippen LogP contribution in [0, 0.1) is 11.6 Å². The smallest absolute Gasteiger partial charge is 0.399 e. The molecule has 0 aromatic heterocycles. The molecule has 1 aliphatic rings. The maximum atomic E-state index is 14.1. The summed E-state index contributed by atoms with van der Waals surface area (Å²) in [6.45, 7) is 6.75. The Morgan fingerprint density at radius 3 is 2.04 bits per heavy atom. The number of hydrogen-bond acceptors (Lipinski definition) is 5. The van der Waals surface area contributed by atoms with E-state index in [1.165, 1.54) is 0 Å². The van der Waals surface area contributed by atoms with Gasteiger partial charge in [-0.3, -0.25) is 0 Å². The maximum Gasteiger partial charge on any atom is 0.495 e. The molecule has 1 aromatic carbocycles. The van der Waals surface area contributed by atoms with E-state index in [0.717, 1.165) is 12.1 Å². The average Bonchev–Trinajstić information content (AvgIpc) is 2.66. The molecule has 0 bridgehead atoms. The van der Waals surface area contributed by atoms with Gasteiger partial charge >= 0.3 is 7.12 Å². The lowest BCUT2D eigenvalue weighted by Crippen LogP contribution is -2.41. The summed E-state index contributed by atoms with van der Waals surface area (Å²) in [4.78, 5) is 0. The van der Waals surface area contributed by atoms with Gasteiger partial charge in [0.05, 0.1) is 23.9 Å². The summed E-state index contributed by atoms with van der Waals surface area (Å²) < 4.78 is 39.8. The van der Waals surface area contributed by atoms with Crippen LogP contribution in [-0.2, 0) is 9.31 Å². The number of halogens is 2. The largest absolute Gasteiger partial charge is 0.495 e. The Bertz CT molecular complexity index is 544. The molecule has 1 atom stereocenters. The fourth-order valence-corrected chi connectivity index (χ4v) is 2.16. The molecule has 0 spiro atoms. The first kappa shape index (κ1) is 18.1. The van der Waals surface area contributed by atoms with Crippen LogP contribution in [0.5, 0.6) is 0 Å². The number of hydrogen-bond donors (Lipinski definition) is 3. The summed E-state index contributed by atoms with van der Waals surface area (Å²) in [5.41, 5.74) is -1.33. The molecule has 0 saturated carbocycles. The summed E-state index contributed by atoms with van der Waals surface area (Å²) >= 11 is 0. The zero-order chi connectivity index (χ0) is 17.4. The first-order chi connectivity index (χ1) is 10.6. The van der Waals surface area contributed by atoms with Gasteiger partial charge in [0.2, 0.25) is 0 Å². The van der Waals surface area contributed by atoms with Gasteiger partial charge in [-0.2, -0.15) is 0 Å². The lowest BCUT2D eigenvalue weighted by molar-refractivity contribution is 0.00578. The molecule has 5 nitrogen and oxygen atoms in total. The van der Waals surface area contributed by atoms with E-state index in [1.54, 1.807) is 0 Å². The van der Waals surface area contributed by atoms with Crippen LogP contribution in [-0.4, -0.2) is 47.8 Å². The molecule has 128 valence electrons. The highest BCUT2D eigenvalue weighted by molar-refractivity contribution is 6.62. The highest BCUT2D eigenvalue weighted by Crippen LogP contribution is 2.36. The third kappa shape index (κ3) is 3.66. The SMILES string of the molecule is CC1(C)OB(c2cc(F)c(NCC(O)CO)c(F)c2)OC1(C)C. The van der Waals surface area contributed by atoms with Crippen molar-refractivity contribution in [1.82, 2.24) is 0 Å². The molecule has 1 fully saturated rings. The fourth-order valence-electron chi connectivity index (χ4n) is 2.16. The summed E-state index contributed by atoms with van der Waals surface area (Å²) in [5, 5.41) is 20.4. The van der Waals surface area contributed by atoms with Gasteiger partial charge in [0.15, 0.2) is 0 Å². The standard InChI is InChI=1S/C15H22BF2NO4/c1-14(2)15(3,4)23-16(22-14)9-5-11(17)13(12(18)6-9)19-7-10(21)8-20/h5-6,10,19-21H,7-8H2,1-4H3. The highest BCUT2D eigenvalue weighted by Gasteiger charge is 2.51. The molecule has 0 radical (unpaired) electrons. The van der Waals surface area contributed by atoms with Gasteiger partial charge < -0.3 is 24.8 Å². The quantitative estimate of drug-likeness (QED) is 0.704. The van der Waals surface area contributed by atoms with E-state index in [9.17, 15) is 13.9 Å². The van der Waals surface area contributed by atoms with E-state index in [4.69, 9.17) is 14.4 Å². The molecule has 2 rings (SSSR count). The van der Waals surface area contributed by atoms with E-state index in [0.29, 0.717) is 0 Å². The van der Waals surface area contributed by atoms with Crippen LogP contribution >= 0.6 is 0 Å². The minimum Gasteiger partial charge on any atom is -0.399 e. The highest BCUT2D eigenvalue weighted by atomic mass is 19.1. The normalized spacial score (nSPS) is 20.6. The van der Waals surface area contributed by atoms with Crippen molar-refractivity contribution in [3.8, 4) is 0 Å². The molecule has 1 unspecified atom stereocenters. The lowest BCUT2D eigenvalue weighted by Gasteiger charge is -2.32. The van der Waals surface area contributed by atoms with E-state index < -0.39 is 42.7 Å². The second-order valence-electron chi connectivity index (χ2n) is 6.67. The molecule has 1 saturated heterocycles.